The lowest BCUT2D eigenvalue weighted by Crippen LogP contribution is -2.44. The van der Waals surface area contributed by atoms with Crippen LogP contribution in [0.1, 0.15) is 103 Å². The fourth-order valence-electron chi connectivity index (χ4n) is 4.14. The Morgan fingerprint density at radius 1 is 0.833 bits per heavy atom. The third-order valence-electron chi connectivity index (χ3n) is 5.78. The molecule has 1 rings (SSSR count). The fourth-order valence-corrected chi connectivity index (χ4v) is 4.14. The molecule has 30 heavy (non-hydrogen) atoms. The van der Waals surface area contributed by atoms with E-state index in [1.54, 1.807) is 12.1 Å². The van der Waals surface area contributed by atoms with Gasteiger partial charge in [0.05, 0.1) is 0 Å². The van der Waals surface area contributed by atoms with Crippen LogP contribution in [-0.2, 0) is 15.9 Å². The van der Waals surface area contributed by atoms with Crippen molar-refractivity contribution in [2.24, 2.45) is 5.92 Å². The molecule has 174 valence electrons. The Morgan fingerprint density at radius 3 is 1.97 bits per heavy atom. The highest BCUT2D eigenvalue weighted by molar-refractivity contribution is 5.16. The Hall–Kier alpha value is -0.970. The molecule has 3 nitrogen and oxygen atoms in total. The highest BCUT2D eigenvalue weighted by Crippen LogP contribution is 2.31. The number of rotatable bonds is 19. The van der Waals surface area contributed by atoms with Crippen LogP contribution >= 0.6 is 0 Å². The van der Waals surface area contributed by atoms with Crippen molar-refractivity contribution < 1.29 is 19.0 Å². The van der Waals surface area contributed by atoms with Gasteiger partial charge in [-0.25, -0.2) is 4.39 Å². The molecule has 0 radical (unpaired) electrons. The molecule has 0 aromatic heterocycles. The predicted molar refractivity (Wildman–Crippen MR) is 123 cm³/mol. The lowest BCUT2D eigenvalue weighted by atomic mass is 9.91. The number of benzene rings is 1. The maximum absolute atomic E-state index is 13.3. The number of hydrogen-bond donors (Lipinski definition) is 1. The van der Waals surface area contributed by atoms with Crippen molar-refractivity contribution in [1.82, 2.24) is 0 Å². The Morgan fingerprint density at radius 2 is 1.40 bits per heavy atom. The summed E-state index contributed by atoms with van der Waals surface area (Å²) in [7, 11) is 0. The third kappa shape index (κ3) is 11.4. The lowest BCUT2D eigenvalue weighted by Gasteiger charge is -2.35. The minimum atomic E-state index is -1.46. The number of hydrogen-bond acceptors (Lipinski definition) is 3. The first-order valence-electron chi connectivity index (χ1n) is 12.3. The smallest absolute Gasteiger partial charge is 0.283 e. The molecule has 0 fully saturated rings. The van der Waals surface area contributed by atoms with Crippen LogP contribution in [0.5, 0.6) is 0 Å². The standard InChI is InChI=1S/C26H45FO3/c1-4-7-8-9-10-14-19-24(26(28,29-5-2)30-6-3)20-15-12-11-13-17-23-18-16-21-25(27)22-23/h16,18,21-22,24,28H,4-15,17,19-20H2,1-3H3. The van der Waals surface area contributed by atoms with Gasteiger partial charge < -0.3 is 14.6 Å². The number of halogens is 1. The molecule has 0 bridgehead atoms. The van der Waals surface area contributed by atoms with Crippen LogP contribution in [0.3, 0.4) is 0 Å². The van der Waals surface area contributed by atoms with Gasteiger partial charge in [-0.1, -0.05) is 76.8 Å². The number of unbranched alkanes of at least 4 members (excludes halogenated alkanes) is 8. The van der Waals surface area contributed by atoms with Gasteiger partial charge in [0.25, 0.3) is 5.97 Å². The van der Waals surface area contributed by atoms with Gasteiger partial charge in [0.1, 0.15) is 5.82 Å². The molecule has 0 aliphatic rings. The second-order valence-corrected chi connectivity index (χ2v) is 8.33. The van der Waals surface area contributed by atoms with Crippen LogP contribution < -0.4 is 0 Å². The molecule has 1 aromatic carbocycles. The molecule has 0 heterocycles. The molecule has 1 unspecified atom stereocenters. The molecule has 0 spiro atoms. The zero-order valence-corrected chi connectivity index (χ0v) is 19.6. The van der Waals surface area contributed by atoms with Crippen LogP contribution in [0.4, 0.5) is 4.39 Å². The van der Waals surface area contributed by atoms with Crippen molar-refractivity contribution in [2.75, 3.05) is 13.2 Å². The van der Waals surface area contributed by atoms with E-state index in [0.29, 0.717) is 13.2 Å². The van der Waals surface area contributed by atoms with Gasteiger partial charge in [-0.15, -0.1) is 0 Å². The summed E-state index contributed by atoms with van der Waals surface area (Å²) in [6.07, 6.45) is 14.5. The minimum Gasteiger partial charge on any atom is -0.343 e. The lowest BCUT2D eigenvalue weighted by molar-refractivity contribution is -0.385. The minimum absolute atomic E-state index is 0.00629. The molecular formula is C26H45FO3. The first-order chi connectivity index (χ1) is 14.6. The average Bonchev–Trinajstić information content (AvgIpc) is 2.71. The molecule has 0 saturated heterocycles. The van der Waals surface area contributed by atoms with Crippen molar-refractivity contribution in [1.29, 1.82) is 0 Å². The highest BCUT2D eigenvalue weighted by Gasteiger charge is 2.37. The van der Waals surface area contributed by atoms with Crippen molar-refractivity contribution >= 4 is 0 Å². The first kappa shape index (κ1) is 27.1. The van der Waals surface area contributed by atoms with Crippen LogP contribution in [-0.4, -0.2) is 24.3 Å². The maximum Gasteiger partial charge on any atom is 0.283 e. The summed E-state index contributed by atoms with van der Waals surface area (Å²) in [4.78, 5) is 0. The van der Waals surface area contributed by atoms with E-state index in [0.717, 1.165) is 56.9 Å². The SMILES string of the molecule is CCCCCCCCC(CCCCCCc1cccc(F)c1)C(O)(OCC)OCC. The number of ether oxygens (including phenoxy) is 2. The molecule has 0 saturated carbocycles. The van der Waals surface area contributed by atoms with Gasteiger partial charge in [-0.2, -0.15) is 0 Å². The van der Waals surface area contributed by atoms with Gasteiger partial charge in [-0.05, 0) is 57.2 Å². The second kappa shape index (κ2) is 16.7. The largest absolute Gasteiger partial charge is 0.343 e. The van der Waals surface area contributed by atoms with Crippen LogP contribution in [0.2, 0.25) is 0 Å². The van der Waals surface area contributed by atoms with E-state index < -0.39 is 5.97 Å². The summed E-state index contributed by atoms with van der Waals surface area (Å²) in [5, 5.41) is 11.0. The molecule has 1 N–H and O–H groups in total. The fraction of sp³-hybridized carbons (Fsp3) is 0.769. The third-order valence-corrected chi connectivity index (χ3v) is 5.78. The normalized spacial score (nSPS) is 13.0. The van der Waals surface area contributed by atoms with Crippen molar-refractivity contribution in [3.63, 3.8) is 0 Å². The summed E-state index contributed by atoms with van der Waals surface area (Å²) in [5.41, 5.74) is 1.07. The van der Waals surface area contributed by atoms with Crippen molar-refractivity contribution in [3.05, 3.63) is 35.6 Å². The second-order valence-electron chi connectivity index (χ2n) is 8.33. The van der Waals surface area contributed by atoms with Crippen LogP contribution in [0.15, 0.2) is 24.3 Å². The Bertz CT molecular complexity index is 529. The molecular weight excluding hydrogens is 379 g/mol. The van der Waals surface area contributed by atoms with E-state index in [1.807, 2.05) is 19.9 Å². The van der Waals surface area contributed by atoms with E-state index in [1.165, 1.54) is 38.2 Å². The highest BCUT2D eigenvalue weighted by atomic mass is 19.1. The Kier molecular flexibility index (Phi) is 15.1. The maximum atomic E-state index is 13.3. The van der Waals surface area contributed by atoms with E-state index >= 15 is 0 Å². The van der Waals surface area contributed by atoms with Gasteiger partial charge in [0.15, 0.2) is 0 Å². The number of aryl methyl sites for hydroxylation is 1. The average molecular weight is 425 g/mol. The first-order valence-corrected chi connectivity index (χ1v) is 12.3. The quantitative estimate of drug-likeness (QED) is 0.186. The Labute approximate surface area is 184 Å². The summed E-state index contributed by atoms with van der Waals surface area (Å²) in [6.45, 7) is 6.92. The molecule has 1 aromatic rings. The zero-order chi connectivity index (χ0) is 22.1. The number of aliphatic hydroxyl groups is 1. The summed E-state index contributed by atoms with van der Waals surface area (Å²) >= 11 is 0. The molecule has 1 atom stereocenters. The van der Waals surface area contributed by atoms with Gasteiger partial charge in [0.2, 0.25) is 0 Å². The zero-order valence-electron chi connectivity index (χ0n) is 19.6. The van der Waals surface area contributed by atoms with Crippen molar-refractivity contribution in [2.45, 2.75) is 110 Å². The summed E-state index contributed by atoms with van der Waals surface area (Å²) in [5.74, 6) is -1.61. The van der Waals surface area contributed by atoms with E-state index in [9.17, 15) is 9.50 Å². The van der Waals surface area contributed by atoms with Gasteiger partial charge in [0, 0.05) is 19.1 Å². The van der Waals surface area contributed by atoms with Crippen LogP contribution in [0, 0.1) is 11.7 Å². The summed E-state index contributed by atoms with van der Waals surface area (Å²) < 4.78 is 24.6. The molecule has 4 heteroatoms. The molecule has 0 aliphatic carbocycles. The molecule has 0 aliphatic heterocycles. The van der Waals surface area contributed by atoms with Crippen LogP contribution in [0.25, 0.3) is 0 Å². The van der Waals surface area contributed by atoms with Gasteiger partial charge >= 0.3 is 0 Å². The topological polar surface area (TPSA) is 38.7 Å². The van der Waals surface area contributed by atoms with E-state index in [2.05, 4.69) is 6.92 Å². The van der Waals surface area contributed by atoms with E-state index in [-0.39, 0.29) is 11.7 Å². The molecule has 0 amide bonds. The predicted octanol–water partition coefficient (Wildman–Crippen LogP) is 7.40. The monoisotopic (exact) mass is 424 g/mol. The summed E-state index contributed by atoms with van der Waals surface area (Å²) in [6, 6.07) is 6.88. The van der Waals surface area contributed by atoms with Crippen molar-refractivity contribution in [3.8, 4) is 0 Å². The van der Waals surface area contributed by atoms with Gasteiger partial charge in [-0.3, -0.25) is 0 Å². The van der Waals surface area contributed by atoms with E-state index in [4.69, 9.17) is 9.47 Å². The Balaban J connectivity index is 2.41.